The van der Waals surface area contributed by atoms with Crippen molar-refractivity contribution in [3.8, 4) is 0 Å². The van der Waals surface area contributed by atoms with Gasteiger partial charge in [0.05, 0.1) is 5.02 Å². The van der Waals surface area contributed by atoms with Gasteiger partial charge < -0.3 is 15.4 Å². The number of pyridine rings is 1. The summed E-state index contributed by atoms with van der Waals surface area (Å²) < 4.78 is 5.08. The van der Waals surface area contributed by atoms with Gasteiger partial charge in [0, 0.05) is 11.8 Å². The average Bonchev–Trinajstić information content (AvgIpc) is 2.67. The number of carbonyl (C=O) groups is 3. The monoisotopic (exact) mass is 403 g/mol. The minimum absolute atomic E-state index is 0.140. The smallest absolute Gasteiger partial charge is 0.329 e. The molecular weight excluding hydrogens is 382 g/mol. The molecule has 0 unspecified atom stereocenters. The van der Waals surface area contributed by atoms with Gasteiger partial charge in [-0.05, 0) is 36.6 Å². The number of nitrogens with zero attached hydrogens (tertiary/aromatic N) is 1. The minimum atomic E-state index is -0.853. The number of carbonyl (C=O) groups excluding carboxylic acids is 3. The van der Waals surface area contributed by atoms with Crippen LogP contribution in [0.4, 0.5) is 5.82 Å². The van der Waals surface area contributed by atoms with E-state index in [1.54, 1.807) is 36.4 Å². The fourth-order valence-corrected chi connectivity index (χ4v) is 2.49. The fourth-order valence-electron chi connectivity index (χ4n) is 2.38. The number of ether oxygens (including phenoxy) is 1. The molecule has 2 N–H and O–H groups in total. The van der Waals surface area contributed by atoms with Crippen LogP contribution in [0.5, 0.6) is 0 Å². The maximum atomic E-state index is 12.4. The van der Waals surface area contributed by atoms with Crippen molar-refractivity contribution >= 4 is 35.2 Å². The highest BCUT2D eigenvalue weighted by Gasteiger charge is 2.24. The Balaban J connectivity index is 1.91. The van der Waals surface area contributed by atoms with Crippen LogP contribution in [0.15, 0.2) is 48.7 Å². The van der Waals surface area contributed by atoms with E-state index in [1.165, 1.54) is 12.3 Å². The van der Waals surface area contributed by atoms with Crippen LogP contribution in [0, 0.1) is 5.92 Å². The molecule has 7 nitrogen and oxygen atoms in total. The predicted molar refractivity (Wildman–Crippen MR) is 106 cm³/mol. The summed E-state index contributed by atoms with van der Waals surface area (Å²) in [6.07, 6.45) is 1.78. The Labute approximate surface area is 168 Å². The van der Waals surface area contributed by atoms with Crippen molar-refractivity contribution < 1.29 is 19.1 Å². The first-order valence-corrected chi connectivity index (χ1v) is 9.17. The Hall–Kier alpha value is -2.93. The molecule has 0 aliphatic rings. The molecule has 28 heavy (non-hydrogen) atoms. The number of hydrogen-bond acceptors (Lipinski definition) is 5. The second kappa shape index (κ2) is 10.4. The fraction of sp³-hybridized carbons (Fsp3) is 0.300. The molecule has 0 fully saturated rings. The van der Waals surface area contributed by atoms with Crippen molar-refractivity contribution in [2.45, 2.75) is 26.3 Å². The van der Waals surface area contributed by atoms with Gasteiger partial charge in [-0.25, -0.2) is 9.78 Å². The summed E-state index contributed by atoms with van der Waals surface area (Å²) in [7, 11) is 0. The van der Waals surface area contributed by atoms with E-state index in [0.29, 0.717) is 22.8 Å². The van der Waals surface area contributed by atoms with E-state index in [0.717, 1.165) is 0 Å². The molecule has 0 saturated heterocycles. The Morgan fingerprint density at radius 2 is 1.82 bits per heavy atom. The van der Waals surface area contributed by atoms with Gasteiger partial charge >= 0.3 is 5.97 Å². The van der Waals surface area contributed by atoms with Crippen LogP contribution in [0.1, 0.15) is 30.6 Å². The lowest BCUT2D eigenvalue weighted by Crippen LogP contribution is -2.43. The molecule has 0 bridgehead atoms. The number of hydrogen-bond donors (Lipinski definition) is 2. The van der Waals surface area contributed by atoms with E-state index in [9.17, 15) is 14.4 Å². The zero-order valence-electron chi connectivity index (χ0n) is 15.6. The molecular formula is C20H22ClN3O4. The highest BCUT2D eigenvalue weighted by Crippen LogP contribution is 2.10. The van der Waals surface area contributed by atoms with Gasteiger partial charge in [0.2, 0.25) is 0 Å². The molecule has 1 aromatic heterocycles. The van der Waals surface area contributed by atoms with Crippen LogP contribution in [-0.2, 0) is 14.3 Å². The quantitative estimate of drug-likeness (QED) is 0.660. The number of aromatic nitrogens is 1. The summed E-state index contributed by atoms with van der Waals surface area (Å²) >= 11 is 5.73. The van der Waals surface area contributed by atoms with Crippen LogP contribution in [0.25, 0.3) is 0 Å². The number of amides is 2. The molecule has 1 atom stereocenters. The topological polar surface area (TPSA) is 97.4 Å². The standard InChI is InChI=1S/C20H22ClN3O4/c1-13(2)10-16(23-19(26)14-6-4-3-5-7-14)20(27)28-12-18(25)24-17-9-8-15(21)11-22-17/h3-9,11,13,16H,10,12H2,1-2H3,(H,23,26)(H,22,24,25)/t16-/m0/s1. The maximum Gasteiger partial charge on any atom is 0.329 e. The molecule has 2 amide bonds. The Bertz CT molecular complexity index is 810. The molecule has 1 aromatic carbocycles. The number of benzene rings is 1. The number of esters is 1. The lowest BCUT2D eigenvalue weighted by Gasteiger charge is -2.19. The molecule has 0 spiro atoms. The zero-order chi connectivity index (χ0) is 20.5. The summed E-state index contributed by atoms with van der Waals surface area (Å²) in [5.74, 6) is -1.15. The van der Waals surface area contributed by atoms with E-state index >= 15 is 0 Å². The van der Waals surface area contributed by atoms with Crippen molar-refractivity contribution in [3.05, 3.63) is 59.2 Å². The molecule has 0 aliphatic carbocycles. The molecule has 1 heterocycles. The van der Waals surface area contributed by atoms with Crippen LogP contribution in [0.3, 0.4) is 0 Å². The molecule has 148 valence electrons. The lowest BCUT2D eigenvalue weighted by atomic mass is 10.0. The normalized spacial score (nSPS) is 11.6. The molecule has 0 saturated carbocycles. The Kier molecular flexibility index (Phi) is 7.95. The minimum Gasteiger partial charge on any atom is -0.454 e. The third-order valence-electron chi connectivity index (χ3n) is 3.67. The Morgan fingerprint density at radius 3 is 2.43 bits per heavy atom. The second-order valence-corrected chi connectivity index (χ2v) is 6.98. The SMILES string of the molecule is CC(C)C[C@H](NC(=O)c1ccccc1)C(=O)OCC(=O)Nc1ccc(Cl)cn1. The third-order valence-corrected chi connectivity index (χ3v) is 3.90. The van der Waals surface area contributed by atoms with E-state index in [2.05, 4.69) is 15.6 Å². The van der Waals surface area contributed by atoms with E-state index in [4.69, 9.17) is 16.3 Å². The van der Waals surface area contributed by atoms with Crippen LogP contribution >= 0.6 is 11.6 Å². The highest BCUT2D eigenvalue weighted by molar-refractivity contribution is 6.30. The van der Waals surface area contributed by atoms with Crippen molar-refractivity contribution in [3.63, 3.8) is 0 Å². The average molecular weight is 404 g/mol. The van der Waals surface area contributed by atoms with Crippen molar-refractivity contribution in [1.82, 2.24) is 10.3 Å². The van der Waals surface area contributed by atoms with Gasteiger partial charge in [0.25, 0.3) is 11.8 Å². The molecule has 2 rings (SSSR count). The predicted octanol–water partition coefficient (Wildman–Crippen LogP) is 3.06. The maximum absolute atomic E-state index is 12.4. The van der Waals surface area contributed by atoms with E-state index in [1.807, 2.05) is 13.8 Å². The zero-order valence-corrected chi connectivity index (χ0v) is 16.4. The van der Waals surface area contributed by atoms with Gasteiger partial charge in [0.1, 0.15) is 11.9 Å². The molecule has 0 aliphatic heterocycles. The highest BCUT2D eigenvalue weighted by atomic mass is 35.5. The summed E-state index contributed by atoms with van der Waals surface area (Å²) in [5.41, 5.74) is 0.440. The number of nitrogens with one attached hydrogen (secondary N) is 2. The van der Waals surface area contributed by atoms with Gasteiger partial charge in [-0.1, -0.05) is 43.6 Å². The number of anilines is 1. The van der Waals surface area contributed by atoms with Crippen molar-refractivity contribution in [2.24, 2.45) is 5.92 Å². The molecule has 2 aromatic rings. The summed E-state index contributed by atoms with van der Waals surface area (Å²) in [4.78, 5) is 40.6. The first kappa shape index (κ1) is 21.4. The van der Waals surface area contributed by atoms with Gasteiger partial charge in [-0.15, -0.1) is 0 Å². The largest absolute Gasteiger partial charge is 0.454 e. The van der Waals surface area contributed by atoms with Crippen molar-refractivity contribution in [2.75, 3.05) is 11.9 Å². The number of rotatable bonds is 8. The van der Waals surface area contributed by atoms with E-state index < -0.39 is 24.5 Å². The van der Waals surface area contributed by atoms with Crippen LogP contribution < -0.4 is 10.6 Å². The van der Waals surface area contributed by atoms with Crippen LogP contribution in [0.2, 0.25) is 5.02 Å². The van der Waals surface area contributed by atoms with Crippen molar-refractivity contribution in [1.29, 1.82) is 0 Å². The molecule has 8 heteroatoms. The first-order valence-electron chi connectivity index (χ1n) is 8.79. The van der Waals surface area contributed by atoms with E-state index in [-0.39, 0.29) is 11.8 Å². The lowest BCUT2D eigenvalue weighted by molar-refractivity contribution is -0.149. The van der Waals surface area contributed by atoms with Gasteiger partial charge in [-0.3, -0.25) is 9.59 Å². The Morgan fingerprint density at radius 1 is 1.11 bits per heavy atom. The van der Waals surface area contributed by atoms with Gasteiger partial charge in [0.15, 0.2) is 6.61 Å². The number of halogens is 1. The molecule has 0 radical (unpaired) electrons. The third kappa shape index (κ3) is 7.00. The first-order chi connectivity index (χ1) is 13.3. The summed E-state index contributed by atoms with van der Waals surface area (Å²) in [6, 6.07) is 10.8. The summed E-state index contributed by atoms with van der Waals surface area (Å²) in [6.45, 7) is 3.36. The second-order valence-electron chi connectivity index (χ2n) is 6.54. The van der Waals surface area contributed by atoms with Gasteiger partial charge in [-0.2, -0.15) is 0 Å². The summed E-state index contributed by atoms with van der Waals surface area (Å²) in [5, 5.41) is 5.61. The van der Waals surface area contributed by atoms with Crippen LogP contribution in [-0.4, -0.2) is 35.4 Å².